The highest BCUT2D eigenvalue weighted by Gasteiger charge is 2.18. The first-order valence-corrected chi connectivity index (χ1v) is 9.12. The lowest BCUT2D eigenvalue weighted by Crippen LogP contribution is -2.19. The summed E-state index contributed by atoms with van der Waals surface area (Å²) in [5.74, 6) is 1.56. The maximum Gasteiger partial charge on any atom is 0.137 e. The van der Waals surface area contributed by atoms with Gasteiger partial charge >= 0.3 is 0 Å². The Bertz CT molecular complexity index is 1000. The van der Waals surface area contributed by atoms with E-state index in [4.69, 9.17) is 9.47 Å². The molecule has 5 heteroatoms. The van der Waals surface area contributed by atoms with Gasteiger partial charge in [-0.05, 0) is 42.0 Å². The Kier molecular flexibility index (Phi) is 4.91. The van der Waals surface area contributed by atoms with Crippen LogP contribution in [0.5, 0.6) is 5.75 Å². The molecule has 1 aliphatic rings. The van der Waals surface area contributed by atoms with Crippen LogP contribution in [0.1, 0.15) is 18.4 Å². The van der Waals surface area contributed by atoms with E-state index in [1.807, 2.05) is 36.5 Å². The number of fused-ring (bicyclic) bond motifs is 1. The second-order valence-corrected chi connectivity index (χ2v) is 6.61. The van der Waals surface area contributed by atoms with Crippen molar-refractivity contribution in [2.24, 2.45) is 0 Å². The molecule has 0 amide bonds. The fourth-order valence-corrected chi connectivity index (χ4v) is 3.57. The third kappa shape index (κ3) is 3.44. The highest BCUT2D eigenvalue weighted by molar-refractivity contribution is 6.05. The molecule has 1 saturated heterocycles. The molecule has 2 aromatic carbocycles. The summed E-state index contributed by atoms with van der Waals surface area (Å²) in [4.78, 5) is 4.68. The molecule has 1 N–H and O–H groups in total. The van der Waals surface area contributed by atoms with Gasteiger partial charge in [-0.25, -0.2) is 4.98 Å². The highest BCUT2D eigenvalue weighted by atomic mass is 16.5. The molecule has 136 valence electrons. The molecule has 0 bridgehead atoms. The minimum Gasteiger partial charge on any atom is -0.496 e. The van der Waals surface area contributed by atoms with Crippen LogP contribution >= 0.6 is 0 Å². The van der Waals surface area contributed by atoms with Crippen molar-refractivity contribution in [2.75, 3.05) is 25.6 Å². The summed E-state index contributed by atoms with van der Waals surface area (Å²) >= 11 is 0. The minimum absolute atomic E-state index is 0.226. The molecule has 1 aromatic heterocycles. The van der Waals surface area contributed by atoms with Gasteiger partial charge in [0.05, 0.1) is 30.2 Å². The van der Waals surface area contributed by atoms with E-state index >= 15 is 0 Å². The van der Waals surface area contributed by atoms with Crippen LogP contribution in [-0.4, -0.2) is 31.3 Å². The van der Waals surface area contributed by atoms with Crippen molar-refractivity contribution < 1.29 is 9.47 Å². The zero-order chi connectivity index (χ0) is 18.6. The Morgan fingerprint density at radius 3 is 2.96 bits per heavy atom. The van der Waals surface area contributed by atoms with E-state index in [0.717, 1.165) is 59.5 Å². The van der Waals surface area contributed by atoms with Crippen molar-refractivity contribution >= 4 is 16.6 Å². The van der Waals surface area contributed by atoms with Crippen LogP contribution in [0.2, 0.25) is 0 Å². The number of aromatic nitrogens is 1. The Morgan fingerprint density at radius 1 is 1.30 bits per heavy atom. The molecule has 0 radical (unpaired) electrons. The molecule has 0 saturated carbocycles. The maximum absolute atomic E-state index is 9.21. The van der Waals surface area contributed by atoms with E-state index in [1.165, 1.54) is 0 Å². The molecule has 4 rings (SSSR count). The van der Waals surface area contributed by atoms with Crippen molar-refractivity contribution in [3.63, 3.8) is 0 Å². The average Bonchev–Trinajstić information content (AvgIpc) is 3.25. The fraction of sp³-hybridized carbons (Fsp3) is 0.273. The molecular formula is C22H21N3O2. The first-order valence-electron chi connectivity index (χ1n) is 9.12. The quantitative estimate of drug-likeness (QED) is 0.732. The Labute approximate surface area is 158 Å². The zero-order valence-electron chi connectivity index (χ0n) is 15.2. The number of nitriles is 1. The van der Waals surface area contributed by atoms with E-state index in [2.05, 4.69) is 22.4 Å². The van der Waals surface area contributed by atoms with Crippen LogP contribution in [0.3, 0.4) is 0 Å². The number of hydrogen-bond acceptors (Lipinski definition) is 5. The molecule has 1 atom stereocenters. The van der Waals surface area contributed by atoms with Crippen LogP contribution < -0.4 is 10.1 Å². The number of benzene rings is 2. The van der Waals surface area contributed by atoms with Crippen LogP contribution in [0, 0.1) is 11.3 Å². The number of rotatable bonds is 5. The smallest absolute Gasteiger partial charge is 0.137 e. The van der Waals surface area contributed by atoms with Gasteiger partial charge in [0.1, 0.15) is 11.6 Å². The SMILES string of the molecule is COc1cccc2c(-c3cccc(C#N)c3)cnc(NCC3CCCO3)c12. The molecule has 1 unspecified atom stereocenters. The first-order chi connectivity index (χ1) is 13.3. The van der Waals surface area contributed by atoms with E-state index in [-0.39, 0.29) is 6.10 Å². The number of hydrogen-bond donors (Lipinski definition) is 1. The van der Waals surface area contributed by atoms with Crippen molar-refractivity contribution in [2.45, 2.75) is 18.9 Å². The molecule has 0 aliphatic carbocycles. The van der Waals surface area contributed by atoms with Gasteiger partial charge in [0, 0.05) is 24.9 Å². The molecule has 5 nitrogen and oxygen atoms in total. The number of methoxy groups -OCH3 is 1. The van der Waals surface area contributed by atoms with Gasteiger partial charge in [-0.3, -0.25) is 0 Å². The second-order valence-electron chi connectivity index (χ2n) is 6.61. The van der Waals surface area contributed by atoms with Crippen molar-refractivity contribution in [1.29, 1.82) is 5.26 Å². The van der Waals surface area contributed by atoms with Crippen LogP contribution in [0.15, 0.2) is 48.7 Å². The average molecular weight is 359 g/mol. The standard InChI is InChI=1S/C22H21N3O2/c1-26-20-9-3-8-18-19(16-6-2-5-15(11-16)12-23)14-25-22(21(18)20)24-13-17-7-4-10-27-17/h2-3,5-6,8-9,11,14,17H,4,7,10,13H2,1H3,(H,24,25). The fourth-order valence-electron chi connectivity index (χ4n) is 3.57. The zero-order valence-corrected chi connectivity index (χ0v) is 15.2. The summed E-state index contributed by atoms with van der Waals surface area (Å²) in [6.45, 7) is 1.56. The summed E-state index contributed by atoms with van der Waals surface area (Å²) < 4.78 is 11.3. The van der Waals surface area contributed by atoms with Crippen LogP contribution in [0.25, 0.3) is 21.9 Å². The highest BCUT2D eigenvalue weighted by Crippen LogP contribution is 2.37. The predicted molar refractivity (Wildman–Crippen MR) is 106 cm³/mol. The van der Waals surface area contributed by atoms with Gasteiger partial charge in [-0.15, -0.1) is 0 Å². The summed E-state index contributed by atoms with van der Waals surface area (Å²) in [5, 5.41) is 14.6. The lowest BCUT2D eigenvalue weighted by Gasteiger charge is -2.16. The van der Waals surface area contributed by atoms with E-state index in [1.54, 1.807) is 13.2 Å². The van der Waals surface area contributed by atoms with Gasteiger partial charge in [0.2, 0.25) is 0 Å². The topological polar surface area (TPSA) is 67.2 Å². The Morgan fingerprint density at radius 2 is 2.19 bits per heavy atom. The number of nitrogens with one attached hydrogen (secondary N) is 1. The summed E-state index contributed by atoms with van der Waals surface area (Å²) in [6, 6.07) is 15.8. The predicted octanol–water partition coefficient (Wildman–Crippen LogP) is 4.37. The molecule has 0 spiro atoms. The second kappa shape index (κ2) is 7.65. The largest absolute Gasteiger partial charge is 0.496 e. The lowest BCUT2D eigenvalue weighted by molar-refractivity contribution is 0.120. The minimum atomic E-state index is 0.226. The van der Waals surface area contributed by atoms with Gasteiger partial charge in [-0.2, -0.15) is 5.26 Å². The summed E-state index contributed by atoms with van der Waals surface area (Å²) in [6.07, 6.45) is 4.26. The van der Waals surface area contributed by atoms with E-state index in [0.29, 0.717) is 5.56 Å². The number of ether oxygens (including phenoxy) is 2. The molecule has 27 heavy (non-hydrogen) atoms. The molecule has 1 aliphatic heterocycles. The molecule has 3 aromatic rings. The van der Waals surface area contributed by atoms with E-state index in [9.17, 15) is 5.26 Å². The molecular weight excluding hydrogens is 338 g/mol. The monoisotopic (exact) mass is 359 g/mol. The van der Waals surface area contributed by atoms with Crippen LogP contribution in [0.4, 0.5) is 5.82 Å². The van der Waals surface area contributed by atoms with Gasteiger partial charge < -0.3 is 14.8 Å². The Hall–Kier alpha value is -3.10. The first kappa shape index (κ1) is 17.3. The summed E-state index contributed by atoms with van der Waals surface area (Å²) in [7, 11) is 1.67. The van der Waals surface area contributed by atoms with Gasteiger partial charge in [0.15, 0.2) is 0 Å². The Balaban J connectivity index is 1.80. The van der Waals surface area contributed by atoms with Gasteiger partial charge in [-0.1, -0.05) is 24.3 Å². The summed E-state index contributed by atoms with van der Waals surface area (Å²) in [5.41, 5.74) is 2.57. The maximum atomic E-state index is 9.21. The van der Waals surface area contributed by atoms with Gasteiger partial charge in [0.25, 0.3) is 0 Å². The van der Waals surface area contributed by atoms with Crippen molar-refractivity contribution in [3.05, 3.63) is 54.2 Å². The van der Waals surface area contributed by atoms with Crippen molar-refractivity contribution in [3.8, 4) is 22.9 Å². The lowest BCUT2D eigenvalue weighted by atomic mass is 9.98. The van der Waals surface area contributed by atoms with E-state index < -0.39 is 0 Å². The number of pyridine rings is 1. The molecule has 2 heterocycles. The number of nitrogens with zero attached hydrogens (tertiary/aromatic N) is 2. The third-order valence-corrected chi connectivity index (χ3v) is 4.92. The van der Waals surface area contributed by atoms with Crippen LogP contribution in [-0.2, 0) is 4.74 Å². The normalized spacial score (nSPS) is 16.2. The third-order valence-electron chi connectivity index (χ3n) is 4.92. The number of anilines is 1. The molecule has 1 fully saturated rings. The van der Waals surface area contributed by atoms with Crippen molar-refractivity contribution in [1.82, 2.24) is 4.98 Å².